The third-order valence-corrected chi connectivity index (χ3v) is 3.19. The molecule has 2 heterocycles. The number of aromatic nitrogens is 2. The predicted molar refractivity (Wildman–Crippen MR) is 77.2 cm³/mol. The Labute approximate surface area is 120 Å². The zero-order valence-corrected chi connectivity index (χ0v) is 10.9. The van der Waals surface area contributed by atoms with Crippen LogP contribution in [0.1, 0.15) is 0 Å². The monoisotopic (exact) mass is 283 g/mol. The fourth-order valence-electron chi connectivity index (χ4n) is 2.23. The van der Waals surface area contributed by atoms with Crippen molar-refractivity contribution in [1.82, 2.24) is 9.97 Å². The molecule has 1 aromatic carbocycles. The molecule has 0 atom stereocenters. The van der Waals surface area contributed by atoms with Crippen LogP contribution in [0.25, 0.3) is 22.3 Å². The van der Waals surface area contributed by atoms with E-state index in [1.165, 1.54) is 24.8 Å². The van der Waals surface area contributed by atoms with Crippen LogP contribution in [-0.2, 0) is 0 Å². The van der Waals surface area contributed by atoms with E-state index < -0.39 is 11.6 Å². The number of rotatable bonds is 2. The number of hydrogen-bond acceptors (Lipinski definition) is 3. The van der Waals surface area contributed by atoms with E-state index in [-0.39, 0.29) is 16.8 Å². The average molecular weight is 283 g/mol. The molecule has 5 heteroatoms. The molecule has 3 aromatic rings. The van der Waals surface area contributed by atoms with Gasteiger partial charge in [-0.25, -0.2) is 8.78 Å². The highest BCUT2D eigenvalue weighted by atomic mass is 19.1. The Kier molecular flexibility index (Phi) is 3.31. The summed E-state index contributed by atoms with van der Waals surface area (Å²) >= 11 is 0. The quantitative estimate of drug-likeness (QED) is 0.730. The normalized spacial score (nSPS) is 10.6. The summed E-state index contributed by atoms with van der Waals surface area (Å²) in [6.07, 6.45) is 6.03. The Morgan fingerprint density at radius 2 is 1.24 bits per heavy atom. The van der Waals surface area contributed by atoms with Crippen LogP contribution in [-0.4, -0.2) is 9.97 Å². The molecule has 3 nitrogen and oxygen atoms in total. The van der Waals surface area contributed by atoms with Crippen LogP contribution in [0.3, 0.4) is 0 Å². The number of nitrogens with two attached hydrogens (primary N) is 1. The first-order chi connectivity index (χ1) is 10.2. The Hall–Kier alpha value is -2.82. The SMILES string of the molecule is Nc1cc(F)c(-c2ccncc2)c(F)c1-c1ccncc1. The molecular formula is C16H11F2N3. The molecule has 3 rings (SSSR count). The van der Waals surface area contributed by atoms with Crippen molar-refractivity contribution < 1.29 is 8.78 Å². The van der Waals surface area contributed by atoms with Gasteiger partial charge in [-0.2, -0.15) is 0 Å². The van der Waals surface area contributed by atoms with Crippen LogP contribution >= 0.6 is 0 Å². The summed E-state index contributed by atoms with van der Waals surface area (Å²) in [6, 6.07) is 7.49. The summed E-state index contributed by atoms with van der Waals surface area (Å²) in [7, 11) is 0. The number of anilines is 1. The molecule has 2 aromatic heterocycles. The number of nitrogens with zero attached hydrogens (tertiary/aromatic N) is 2. The molecule has 0 spiro atoms. The van der Waals surface area contributed by atoms with Crippen molar-refractivity contribution in [2.45, 2.75) is 0 Å². The molecule has 0 amide bonds. The maximum atomic E-state index is 14.8. The van der Waals surface area contributed by atoms with E-state index in [4.69, 9.17) is 5.73 Å². The van der Waals surface area contributed by atoms with Gasteiger partial charge in [-0.05, 0) is 41.5 Å². The van der Waals surface area contributed by atoms with E-state index >= 15 is 0 Å². The molecule has 104 valence electrons. The van der Waals surface area contributed by atoms with Crippen LogP contribution in [0.4, 0.5) is 14.5 Å². The van der Waals surface area contributed by atoms with Crippen molar-refractivity contribution in [1.29, 1.82) is 0 Å². The fraction of sp³-hybridized carbons (Fsp3) is 0. The van der Waals surface area contributed by atoms with Gasteiger partial charge >= 0.3 is 0 Å². The smallest absolute Gasteiger partial charge is 0.143 e. The first-order valence-electron chi connectivity index (χ1n) is 6.26. The molecule has 0 bridgehead atoms. The van der Waals surface area contributed by atoms with Gasteiger partial charge in [0.15, 0.2) is 0 Å². The van der Waals surface area contributed by atoms with Crippen LogP contribution in [0.2, 0.25) is 0 Å². The maximum Gasteiger partial charge on any atom is 0.143 e. The lowest BCUT2D eigenvalue weighted by Crippen LogP contribution is -2.00. The maximum absolute atomic E-state index is 14.8. The van der Waals surface area contributed by atoms with E-state index in [1.807, 2.05) is 0 Å². The van der Waals surface area contributed by atoms with Gasteiger partial charge in [0.2, 0.25) is 0 Å². The first-order valence-corrected chi connectivity index (χ1v) is 6.26. The molecule has 0 aliphatic rings. The van der Waals surface area contributed by atoms with Crippen LogP contribution in [0.15, 0.2) is 55.1 Å². The highest BCUT2D eigenvalue weighted by molar-refractivity contribution is 5.83. The first kappa shape index (κ1) is 13.2. The summed E-state index contributed by atoms with van der Waals surface area (Å²) in [5.41, 5.74) is 6.86. The van der Waals surface area contributed by atoms with Crippen molar-refractivity contribution in [3.05, 3.63) is 66.8 Å². The molecule has 0 unspecified atom stereocenters. The van der Waals surface area contributed by atoms with Crippen molar-refractivity contribution in [2.75, 3.05) is 5.73 Å². The zero-order chi connectivity index (χ0) is 14.8. The molecule has 0 fully saturated rings. The number of nitrogen functional groups attached to an aromatic ring is 1. The molecule has 21 heavy (non-hydrogen) atoms. The molecular weight excluding hydrogens is 272 g/mol. The van der Waals surface area contributed by atoms with Gasteiger partial charge in [-0.1, -0.05) is 0 Å². The van der Waals surface area contributed by atoms with Gasteiger partial charge in [-0.15, -0.1) is 0 Å². The fourth-order valence-corrected chi connectivity index (χ4v) is 2.23. The molecule has 0 radical (unpaired) electrons. The molecule has 0 aliphatic carbocycles. The lowest BCUT2D eigenvalue weighted by molar-refractivity contribution is 0.593. The van der Waals surface area contributed by atoms with Crippen molar-refractivity contribution >= 4 is 5.69 Å². The summed E-state index contributed by atoms with van der Waals surface area (Å²) in [5.74, 6) is -1.39. The van der Waals surface area contributed by atoms with Crippen LogP contribution in [0.5, 0.6) is 0 Å². The van der Waals surface area contributed by atoms with E-state index in [0.29, 0.717) is 11.1 Å². The lowest BCUT2D eigenvalue weighted by atomic mass is 9.97. The molecule has 0 aliphatic heterocycles. The highest BCUT2D eigenvalue weighted by Crippen LogP contribution is 2.36. The summed E-state index contributed by atoms with van der Waals surface area (Å²) in [6.45, 7) is 0. The van der Waals surface area contributed by atoms with Gasteiger partial charge in [0, 0.05) is 36.0 Å². The Morgan fingerprint density at radius 3 is 1.76 bits per heavy atom. The summed E-state index contributed by atoms with van der Waals surface area (Å²) < 4.78 is 28.9. The minimum Gasteiger partial charge on any atom is -0.398 e. The van der Waals surface area contributed by atoms with E-state index in [1.54, 1.807) is 24.3 Å². The van der Waals surface area contributed by atoms with Gasteiger partial charge in [0.1, 0.15) is 11.6 Å². The molecule has 0 saturated heterocycles. The Bertz CT molecular complexity index is 711. The van der Waals surface area contributed by atoms with Gasteiger partial charge in [0.05, 0.1) is 5.56 Å². The number of pyridine rings is 2. The van der Waals surface area contributed by atoms with E-state index in [2.05, 4.69) is 9.97 Å². The van der Waals surface area contributed by atoms with E-state index in [0.717, 1.165) is 6.07 Å². The number of benzene rings is 1. The van der Waals surface area contributed by atoms with Gasteiger partial charge < -0.3 is 5.73 Å². The second-order valence-electron chi connectivity index (χ2n) is 4.48. The number of hydrogen-bond donors (Lipinski definition) is 1. The van der Waals surface area contributed by atoms with Crippen molar-refractivity contribution in [3.63, 3.8) is 0 Å². The zero-order valence-electron chi connectivity index (χ0n) is 10.9. The second-order valence-corrected chi connectivity index (χ2v) is 4.48. The van der Waals surface area contributed by atoms with Crippen molar-refractivity contribution in [3.8, 4) is 22.3 Å². The minimum atomic E-state index is -0.700. The van der Waals surface area contributed by atoms with Gasteiger partial charge in [0.25, 0.3) is 0 Å². The highest BCUT2D eigenvalue weighted by Gasteiger charge is 2.19. The van der Waals surface area contributed by atoms with Crippen LogP contribution < -0.4 is 5.73 Å². The molecule has 0 saturated carbocycles. The number of halogens is 2. The average Bonchev–Trinajstić information content (AvgIpc) is 2.49. The topological polar surface area (TPSA) is 51.8 Å². The third kappa shape index (κ3) is 2.33. The Balaban J connectivity index is 2.29. The van der Waals surface area contributed by atoms with Crippen LogP contribution in [0, 0.1) is 11.6 Å². The summed E-state index contributed by atoms with van der Waals surface area (Å²) in [4.78, 5) is 7.73. The lowest BCUT2D eigenvalue weighted by Gasteiger charge is -2.13. The third-order valence-electron chi connectivity index (χ3n) is 3.19. The van der Waals surface area contributed by atoms with Gasteiger partial charge in [-0.3, -0.25) is 9.97 Å². The minimum absolute atomic E-state index is 0.0500. The molecule has 2 N–H and O–H groups in total. The summed E-state index contributed by atoms with van der Waals surface area (Å²) in [5, 5.41) is 0. The van der Waals surface area contributed by atoms with E-state index in [9.17, 15) is 8.78 Å². The Morgan fingerprint density at radius 1 is 0.762 bits per heavy atom. The standard InChI is InChI=1S/C16H11F2N3/c17-12-9-13(19)15(11-3-7-21-8-4-11)16(18)14(12)10-1-5-20-6-2-10/h1-9H,19H2. The predicted octanol–water partition coefficient (Wildman–Crippen LogP) is 3.67. The second kappa shape index (κ2) is 5.28. The largest absolute Gasteiger partial charge is 0.398 e. The van der Waals surface area contributed by atoms with Crippen molar-refractivity contribution in [2.24, 2.45) is 0 Å².